The summed E-state index contributed by atoms with van der Waals surface area (Å²) in [5, 5.41) is 0. The minimum atomic E-state index is -1.02. The van der Waals surface area contributed by atoms with Crippen molar-refractivity contribution in [3.05, 3.63) is 57.4 Å². The van der Waals surface area contributed by atoms with Crippen LogP contribution in [0.5, 0.6) is 0 Å². The van der Waals surface area contributed by atoms with Crippen LogP contribution in [0.1, 0.15) is 80.3 Å². The molecule has 1 N–H and O–H groups in total. The van der Waals surface area contributed by atoms with Gasteiger partial charge in [-0.1, -0.05) is 12.1 Å². The molecule has 0 saturated heterocycles. The van der Waals surface area contributed by atoms with Crippen LogP contribution in [0, 0.1) is 27.7 Å². The van der Waals surface area contributed by atoms with Crippen LogP contribution >= 0.6 is 0 Å². The standard InChI is InChI=1S/C23H27NO5/c1-12-7-8-18(11-13(12)2)19(26)9-10-20(27)29-17(6)23(28)22-14(3)21(16(5)25)15(4)24-22/h7-8,11,17,24H,9-10H2,1-6H3/t17-/m0/s1. The van der Waals surface area contributed by atoms with Crippen molar-refractivity contribution in [1.82, 2.24) is 4.98 Å². The number of aryl methyl sites for hydroxylation is 3. The molecule has 0 amide bonds. The number of nitrogens with one attached hydrogen (secondary N) is 1. The van der Waals surface area contributed by atoms with Gasteiger partial charge in [-0.15, -0.1) is 0 Å². The number of esters is 1. The molecule has 1 heterocycles. The number of hydrogen-bond donors (Lipinski definition) is 1. The largest absolute Gasteiger partial charge is 0.454 e. The van der Waals surface area contributed by atoms with Crippen molar-refractivity contribution in [2.75, 3.05) is 0 Å². The Kier molecular flexibility index (Phi) is 6.90. The van der Waals surface area contributed by atoms with Crippen molar-refractivity contribution >= 4 is 23.3 Å². The first-order chi connectivity index (χ1) is 13.5. The van der Waals surface area contributed by atoms with Crippen LogP contribution in [-0.2, 0) is 9.53 Å². The van der Waals surface area contributed by atoms with E-state index in [0.29, 0.717) is 22.4 Å². The Morgan fingerprint density at radius 1 is 1.00 bits per heavy atom. The van der Waals surface area contributed by atoms with E-state index in [9.17, 15) is 19.2 Å². The number of Topliss-reactive ketones (excluding diaryl/α,β-unsaturated/α-hetero) is 3. The maximum absolute atomic E-state index is 12.6. The molecular weight excluding hydrogens is 370 g/mol. The van der Waals surface area contributed by atoms with Gasteiger partial charge in [0.25, 0.3) is 0 Å². The van der Waals surface area contributed by atoms with Gasteiger partial charge in [-0.2, -0.15) is 0 Å². The molecule has 1 aromatic heterocycles. The molecule has 6 nitrogen and oxygen atoms in total. The Bertz CT molecular complexity index is 983. The molecule has 154 valence electrons. The fraction of sp³-hybridized carbons (Fsp3) is 0.391. The summed E-state index contributed by atoms with van der Waals surface area (Å²) in [5.74, 6) is -1.31. The van der Waals surface area contributed by atoms with Gasteiger partial charge in [0.05, 0.1) is 12.1 Å². The van der Waals surface area contributed by atoms with Gasteiger partial charge >= 0.3 is 5.97 Å². The fourth-order valence-electron chi connectivity index (χ4n) is 3.31. The van der Waals surface area contributed by atoms with Crippen molar-refractivity contribution < 1.29 is 23.9 Å². The number of H-pyrrole nitrogens is 1. The highest BCUT2D eigenvalue weighted by Crippen LogP contribution is 2.21. The van der Waals surface area contributed by atoms with Gasteiger partial charge in [-0.25, -0.2) is 0 Å². The van der Waals surface area contributed by atoms with Crippen molar-refractivity contribution in [2.45, 2.75) is 60.5 Å². The first-order valence-corrected chi connectivity index (χ1v) is 9.57. The summed E-state index contributed by atoms with van der Waals surface area (Å²) in [4.78, 5) is 51.7. The number of ketones is 3. The maximum atomic E-state index is 12.6. The zero-order valence-corrected chi connectivity index (χ0v) is 17.8. The van der Waals surface area contributed by atoms with Crippen LogP contribution in [0.15, 0.2) is 18.2 Å². The minimum absolute atomic E-state index is 0.0113. The summed E-state index contributed by atoms with van der Waals surface area (Å²) < 4.78 is 5.21. The highest BCUT2D eigenvalue weighted by molar-refractivity contribution is 6.05. The molecule has 1 atom stereocenters. The van der Waals surface area contributed by atoms with E-state index >= 15 is 0 Å². The van der Waals surface area contributed by atoms with Gasteiger partial charge in [0.15, 0.2) is 17.7 Å². The fourth-order valence-corrected chi connectivity index (χ4v) is 3.31. The van der Waals surface area contributed by atoms with Gasteiger partial charge in [0.1, 0.15) is 0 Å². The van der Waals surface area contributed by atoms with E-state index in [1.54, 1.807) is 26.0 Å². The van der Waals surface area contributed by atoms with Crippen LogP contribution in [0.2, 0.25) is 0 Å². The number of carbonyl (C=O) groups is 4. The lowest BCUT2D eigenvalue weighted by Crippen LogP contribution is -2.25. The zero-order chi connectivity index (χ0) is 21.9. The van der Waals surface area contributed by atoms with E-state index in [-0.39, 0.29) is 30.1 Å². The molecule has 29 heavy (non-hydrogen) atoms. The lowest BCUT2D eigenvalue weighted by Gasteiger charge is -2.12. The summed E-state index contributed by atoms with van der Waals surface area (Å²) in [6.45, 7) is 10.2. The van der Waals surface area contributed by atoms with Crippen LogP contribution in [-0.4, -0.2) is 34.4 Å². The number of carbonyl (C=O) groups excluding carboxylic acids is 4. The zero-order valence-electron chi connectivity index (χ0n) is 17.8. The summed E-state index contributed by atoms with van der Waals surface area (Å²) in [6.07, 6.45) is -1.11. The second-order valence-electron chi connectivity index (χ2n) is 7.40. The summed E-state index contributed by atoms with van der Waals surface area (Å²) >= 11 is 0. The molecule has 0 aliphatic rings. The lowest BCUT2D eigenvalue weighted by molar-refractivity contribution is -0.146. The Hall–Kier alpha value is -3.02. The smallest absolute Gasteiger partial charge is 0.306 e. The van der Waals surface area contributed by atoms with Crippen molar-refractivity contribution in [3.8, 4) is 0 Å². The number of aromatic nitrogens is 1. The highest BCUT2D eigenvalue weighted by atomic mass is 16.5. The van der Waals surface area contributed by atoms with E-state index in [4.69, 9.17) is 4.74 Å². The Labute approximate surface area is 170 Å². The van der Waals surface area contributed by atoms with Gasteiger partial charge in [0.2, 0.25) is 5.78 Å². The third-order valence-electron chi connectivity index (χ3n) is 5.10. The molecule has 0 unspecified atom stereocenters. The number of aromatic amines is 1. The summed E-state index contributed by atoms with van der Waals surface area (Å²) in [7, 11) is 0. The third-order valence-corrected chi connectivity index (χ3v) is 5.10. The Balaban J connectivity index is 1.97. The molecule has 0 aliphatic heterocycles. The number of benzene rings is 1. The van der Waals surface area contributed by atoms with Gasteiger partial charge in [0, 0.05) is 23.2 Å². The highest BCUT2D eigenvalue weighted by Gasteiger charge is 2.26. The average Bonchev–Trinajstić information content (AvgIpc) is 2.95. The van der Waals surface area contributed by atoms with Crippen molar-refractivity contribution in [2.24, 2.45) is 0 Å². The molecular formula is C23H27NO5. The van der Waals surface area contributed by atoms with Crippen LogP contribution in [0.3, 0.4) is 0 Å². The molecule has 0 spiro atoms. The van der Waals surface area contributed by atoms with Crippen LogP contribution in [0.4, 0.5) is 0 Å². The first kappa shape index (κ1) is 22.3. The van der Waals surface area contributed by atoms with Gasteiger partial charge in [-0.05, 0) is 64.3 Å². The molecule has 6 heteroatoms. The topological polar surface area (TPSA) is 93.3 Å². The van der Waals surface area contributed by atoms with E-state index < -0.39 is 17.9 Å². The monoisotopic (exact) mass is 397 g/mol. The van der Waals surface area contributed by atoms with E-state index in [0.717, 1.165) is 11.1 Å². The average molecular weight is 397 g/mol. The summed E-state index contributed by atoms with van der Waals surface area (Å²) in [6, 6.07) is 5.42. The molecule has 2 rings (SSSR count). The molecule has 0 fully saturated rings. The number of hydrogen-bond acceptors (Lipinski definition) is 5. The molecule has 1 aromatic carbocycles. The lowest BCUT2D eigenvalue weighted by atomic mass is 10.0. The molecule has 0 bridgehead atoms. The van der Waals surface area contributed by atoms with Crippen LogP contribution in [0.25, 0.3) is 0 Å². The molecule has 0 aliphatic carbocycles. The molecule has 0 radical (unpaired) electrons. The normalized spacial score (nSPS) is 11.8. The predicted molar refractivity (Wildman–Crippen MR) is 110 cm³/mol. The number of rotatable bonds is 8. The van der Waals surface area contributed by atoms with Crippen LogP contribution < -0.4 is 0 Å². The second kappa shape index (κ2) is 8.99. The van der Waals surface area contributed by atoms with E-state index in [2.05, 4.69) is 4.98 Å². The SMILES string of the molecule is CC(=O)c1c(C)[nH]c(C(=O)[C@H](C)OC(=O)CCC(=O)c2ccc(C)c(C)c2)c1C. The summed E-state index contributed by atoms with van der Waals surface area (Å²) in [5.41, 5.74) is 4.56. The van der Waals surface area contributed by atoms with Gasteiger partial charge in [-0.3, -0.25) is 19.2 Å². The first-order valence-electron chi connectivity index (χ1n) is 9.57. The van der Waals surface area contributed by atoms with E-state index in [1.807, 2.05) is 19.9 Å². The quantitative estimate of drug-likeness (QED) is 0.531. The van der Waals surface area contributed by atoms with E-state index in [1.165, 1.54) is 13.8 Å². The van der Waals surface area contributed by atoms with Crippen molar-refractivity contribution in [1.29, 1.82) is 0 Å². The maximum Gasteiger partial charge on any atom is 0.306 e. The number of ether oxygens (including phenoxy) is 1. The third kappa shape index (κ3) is 5.08. The molecule has 2 aromatic rings. The Morgan fingerprint density at radius 2 is 1.66 bits per heavy atom. The Morgan fingerprint density at radius 3 is 2.21 bits per heavy atom. The second-order valence-corrected chi connectivity index (χ2v) is 7.40. The predicted octanol–water partition coefficient (Wildman–Crippen LogP) is 4.23. The van der Waals surface area contributed by atoms with Gasteiger partial charge < -0.3 is 9.72 Å². The van der Waals surface area contributed by atoms with Crippen molar-refractivity contribution in [3.63, 3.8) is 0 Å². The minimum Gasteiger partial charge on any atom is -0.454 e. The molecule has 0 saturated carbocycles.